The summed E-state index contributed by atoms with van der Waals surface area (Å²) in [4.78, 5) is 10.9. The molecule has 0 N–H and O–H groups in total. The van der Waals surface area contributed by atoms with Crippen LogP contribution in [0.25, 0.3) is 121 Å². The lowest BCUT2D eigenvalue weighted by molar-refractivity contribution is 0.666. The topological polar surface area (TPSA) is 48.3 Å². The van der Waals surface area contributed by atoms with Crippen molar-refractivity contribution in [3.05, 3.63) is 158 Å². The third kappa shape index (κ3) is 3.46. The minimum Gasteiger partial charge on any atom is -0.452 e. The molecule has 0 radical (unpaired) electrons. The van der Waals surface area contributed by atoms with E-state index in [9.17, 15) is 0 Å². The van der Waals surface area contributed by atoms with Crippen LogP contribution in [0.1, 0.15) is 0 Å². The summed E-state index contributed by atoms with van der Waals surface area (Å²) in [5.74, 6) is 0.617. The fraction of sp³-hybridized carbons (Fsp3) is 0. The standard InChI is InChI=1S/C48H26N4O/c1-2-13-29-25-30(22-21-27(29)11-1)42-47-43(35-17-7-10-20-40(35)53-47)50-48(49-42)52-38-18-8-5-15-32(38)36-26-37-33-24-23-28-12-3-4-14-31(28)44(33)51-39-19-9-6-16-34(39)41(45(37)51)46(36)52/h1-26H. The number of para-hydroxylation sites is 3. The summed E-state index contributed by atoms with van der Waals surface area (Å²) in [6, 6.07) is 56.3. The molecule has 5 nitrogen and oxygen atoms in total. The average Bonchev–Trinajstić information content (AvgIpc) is 3.95. The molecule has 0 aliphatic rings. The first-order chi connectivity index (χ1) is 26.3. The van der Waals surface area contributed by atoms with Gasteiger partial charge in [0.2, 0.25) is 5.95 Å². The van der Waals surface area contributed by atoms with E-state index in [-0.39, 0.29) is 0 Å². The number of rotatable bonds is 2. The van der Waals surface area contributed by atoms with Gasteiger partial charge in [-0.3, -0.25) is 4.57 Å². The Labute approximate surface area is 300 Å². The molecule has 5 heterocycles. The Morgan fingerprint density at radius 2 is 1.11 bits per heavy atom. The highest BCUT2D eigenvalue weighted by atomic mass is 16.3. The molecule has 0 saturated heterocycles. The zero-order valence-corrected chi connectivity index (χ0v) is 28.2. The number of nitrogens with zero attached hydrogens (tertiary/aromatic N) is 4. The first-order valence-corrected chi connectivity index (χ1v) is 18.0. The Morgan fingerprint density at radius 1 is 0.434 bits per heavy atom. The van der Waals surface area contributed by atoms with Crippen molar-refractivity contribution in [3.8, 4) is 17.2 Å². The van der Waals surface area contributed by atoms with Crippen molar-refractivity contribution in [2.45, 2.75) is 0 Å². The van der Waals surface area contributed by atoms with E-state index < -0.39 is 0 Å². The van der Waals surface area contributed by atoms with Crippen molar-refractivity contribution in [2.24, 2.45) is 0 Å². The molecule has 0 unspecified atom stereocenters. The summed E-state index contributed by atoms with van der Waals surface area (Å²) in [5.41, 5.74) is 9.88. The number of aromatic nitrogens is 4. The molecule has 8 aromatic carbocycles. The molecule has 0 atom stereocenters. The summed E-state index contributed by atoms with van der Waals surface area (Å²) in [6.45, 7) is 0. The smallest absolute Gasteiger partial charge is 0.236 e. The molecule has 53 heavy (non-hydrogen) atoms. The lowest BCUT2D eigenvalue weighted by Gasteiger charge is -2.11. The van der Waals surface area contributed by atoms with Gasteiger partial charge in [0.25, 0.3) is 0 Å². The molecular weight excluding hydrogens is 649 g/mol. The van der Waals surface area contributed by atoms with Gasteiger partial charge < -0.3 is 8.82 Å². The fourth-order valence-corrected chi connectivity index (χ4v) is 9.17. The van der Waals surface area contributed by atoms with Crippen molar-refractivity contribution in [2.75, 3.05) is 0 Å². The average molecular weight is 675 g/mol. The van der Waals surface area contributed by atoms with Crippen LogP contribution in [0.3, 0.4) is 0 Å². The lowest BCUT2D eigenvalue weighted by atomic mass is 10.0. The van der Waals surface area contributed by atoms with Gasteiger partial charge in [0, 0.05) is 48.7 Å². The molecule has 0 amide bonds. The summed E-state index contributed by atoms with van der Waals surface area (Å²) in [5, 5.41) is 13.1. The van der Waals surface area contributed by atoms with Crippen LogP contribution < -0.4 is 0 Å². The predicted octanol–water partition coefficient (Wildman–Crippen LogP) is 12.6. The van der Waals surface area contributed by atoms with Crippen LogP contribution in [-0.2, 0) is 0 Å². The summed E-state index contributed by atoms with van der Waals surface area (Å²) < 4.78 is 11.4. The Morgan fingerprint density at radius 3 is 2.00 bits per heavy atom. The highest BCUT2D eigenvalue weighted by molar-refractivity contribution is 6.35. The van der Waals surface area contributed by atoms with E-state index in [4.69, 9.17) is 14.4 Å². The Hall–Kier alpha value is -7.24. The molecule has 0 bridgehead atoms. The van der Waals surface area contributed by atoms with E-state index >= 15 is 0 Å². The van der Waals surface area contributed by atoms with Gasteiger partial charge >= 0.3 is 0 Å². The Balaban J connectivity index is 1.25. The summed E-state index contributed by atoms with van der Waals surface area (Å²) in [6.07, 6.45) is 0. The molecule has 0 fully saturated rings. The quantitative estimate of drug-likeness (QED) is 0.183. The maximum Gasteiger partial charge on any atom is 0.236 e. The second-order valence-electron chi connectivity index (χ2n) is 14.1. The van der Waals surface area contributed by atoms with Crippen molar-refractivity contribution < 1.29 is 4.42 Å². The first-order valence-electron chi connectivity index (χ1n) is 18.0. The molecule has 5 aromatic heterocycles. The second-order valence-corrected chi connectivity index (χ2v) is 14.1. The molecule has 13 aromatic rings. The van der Waals surface area contributed by atoms with Crippen LogP contribution in [-0.4, -0.2) is 18.9 Å². The van der Waals surface area contributed by atoms with E-state index in [1.165, 1.54) is 65.0 Å². The van der Waals surface area contributed by atoms with Crippen molar-refractivity contribution >= 4 is 104 Å². The van der Waals surface area contributed by atoms with E-state index in [0.717, 1.165) is 44.2 Å². The summed E-state index contributed by atoms with van der Waals surface area (Å²) in [7, 11) is 0. The molecule has 0 spiro atoms. The van der Waals surface area contributed by atoms with Gasteiger partial charge in [0.15, 0.2) is 5.58 Å². The second kappa shape index (κ2) is 9.75. The van der Waals surface area contributed by atoms with E-state index in [1.54, 1.807) is 0 Å². The maximum absolute atomic E-state index is 6.59. The summed E-state index contributed by atoms with van der Waals surface area (Å²) >= 11 is 0. The lowest BCUT2D eigenvalue weighted by Crippen LogP contribution is -2.03. The molecular formula is C48H26N4O. The Kier molecular flexibility index (Phi) is 5.06. The van der Waals surface area contributed by atoms with Crippen LogP contribution in [0.15, 0.2) is 162 Å². The number of hydrogen-bond donors (Lipinski definition) is 0. The Bertz CT molecular complexity index is 3700. The SMILES string of the molecule is c1ccc2cc(-c3nc(-n4c5ccccc5c5cc6c7ccc8ccccc8c7n7c8ccccc8c(c54)c67)nc4c3oc3ccccc34)ccc2c1. The van der Waals surface area contributed by atoms with Crippen molar-refractivity contribution in [1.82, 2.24) is 18.9 Å². The van der Waals surface area contributed by atoms with Gasteiger partial charge in [0.1, 0.15) is 16.8 Å². The third-order valence-corrected chi connectivity index (χ3v) is 11.4. The minimum atomic E-state index is 0.617. The van der Waals surface area contributed by atoms with Gasteiger partial charge in [-0.15, -0.1) is 0 Å². The predicted molar refractivity (Wildman–Crippen MR) is 219 cm³/mol. The minimum absolute atomic E-state index is 0.617. The normalized spacial score (nSPS) is 12.5. The van der Waals surface area contributed by atoms with Gasteiger partial charge in [-0.05, 0) is 52.6 Å². The van der Waals surface area contributed by atoms with Crippen LogP contribution in [0, 0.1) is 0 Å². The molecule has 0 aliphatic carbocycles. The number of furan rings is 1. The van der Waals surface area contributed by atoms with Crippen molar-refractivity contribution in [3.63, 3.8) is 0 Å². The zero-order chi connectivity index (χ0) is 34.4. The van der Waals surface area contributed by atoms with Crippen LogP contribution >= 0.6 is 0 Å². The monoisotopic (exact) mass is 674 g/mol. The maximum atomic E-state index is 6.59. The molecule has 5 heteroatoms. The van der Waals surface area contributed by atoms with Crippen LogP contribution in [0.5, 0.6) is 0 Å². The largest absolute Gasteiger partial charge is 0.452 e. The molecule has 13 rings (SSSR count). The van der Waals surface area contributed by atoms with Crippen LogP contribution in [0.2, 0.25) is 0 Å². The number of benzene rings is 8. The highest BCUT2D eigenvalue weighted by Gasteiger charge is 2.27. The third-order valence-electron chi connectivity index (χ3n) is 11.4. The van der Waals surface area contributed by atoms with E-state index in [0.29, 0.717) is 11.5 Å². The number of hydrogen-bond acceptors (Lipinski definition) is 3. The first kappa shape index (κ1) is 27.5. The number of fused-ring (bicyclic) bond motifs is 16. The zero-order valence-electron chi connectivity index (χ0n) is 28.2. The van der Waals surface area contributed by atoms with Gasteiger partial charge in [0.05, 0.1) is 27.6 Å². The van der Waals surface area contributed by atoms with Gasteiger partial charge in [-0.1, -0.05) is 121 Å². The van der Waals surface area contributed by atoms with Gasteiger partial charge in [-0.25, -0.2) is 9.97 Å². The van der Waals surface area contributed by atoms with Gasteiger partial charge in [-0.2, -0.15) is 0 Å². The van der Waals surface area contributed by atoms with Crippen LogP contribution in [0.4, 0.5) is 0 Å². The fourth-order valence-electron chi connectivity index (χ4n) is 9.17. The highest BCUT2D eigenvalue weighted by Crippen LogP contribution is 2.48. The van der Waals surface area contributed by atoms with E-state index in [1.807, 2.05) is 18.2 Å². The van der Waals surface area contributed by atoms with Crippen molar-refractivity contribution in [1.29, 1.82) is 0 Å². The molecule has 244 valence electrons. The molecule has 0 saturated carbocycles. The van der Waals surface area contributed by atoms with E-state index in [2.05, 4.69) is 148 Å². The molecule has 0 aliphatic heterocycles.